The topological polar surface area (TPSA) is 85.4 Å². The minimum Gasteiger partial charge on any atom is -0.493 e. The van der Waals surface area contributed by atoms with Crippen LogP contribution in [0.5, 0.6) is 11.5 Å². The van der Waals surface area contributed by atoms with Crippen molar-refractivity contribution in [2.45, 2.75) is 6.92 Å². The Morgan fingerprint density at radius 2 is 1.86 bits per heavy atom. The van der Waals surface area contributed by atoms with E-state index < -0.39 is 0 Å². The quantitative estimate of drug-likeness (QED) is 0.777. The number of carbonyl (C=O) groups is 1. The number of ether oxygens (including phenoxy) is 2. The van der Waals surface area contributed by atoms with Crippen molar-refractivity contribution in [3.8, 4) is 11.5 Å². The van der Waals surface area contributed by atoms with Gasteiger partial charge in [-0.1, -0.05) is 0 Å². The number of amides is 1. The van der Waals surface area contributed by atoms with Crippen LogP contribution in [0.1, 0.15) is 6.92 Å². The fourth-order valence-electron chi connectivity index (χ4n) is 1.94. The molecular formula is C14H18N4O3. The van der Waals surface area contributed by atoms with Gasteiger partial charge in [-0.2, -0.15) is 0 Å². The van der Waals surface area contributed by atoms with E-state index in [0.717, 1.165) is 10.9 Å². The highest BCUT2D eigenvalue weighted by molar-refractivity contribution is 5.91. The molecule has 7 heteroatoms. The minimum atomic E-state index is -0.0595. The Kier molecular flexibility index (Phi) is 4.76. The first-order chi connectivity index (χ1) is 10.2. The van der Waals surface area contributed by atoms with Gasteiger partial charge in [0.15, 0.2) is 11.5 Å². The molecule has 1 aromatic carbocycles. The predicted octanol–water partition coefficient (Wildman–Crippen LogP) is 1.19. The van der Waals surface area contributed by atoms with Crippen molar-refractivity contribution in [3.05, 3.63) is 18.5 Å². The van der Waals surface area contributed by atoms with Gasteiger partial charge in [-0.25, -0.2) is 9.97 Å². The molecule has 1 heterocycles. The van der Waals surface area contributed by atoms with Crippen LogP contribution in [0.15, 0.2) is 18.5 Å². The molecule has 2 N–H and O–H groups in total. The molecule has 0 aliphatic heterocycles. The molecule has 0 aliphatic rings. The summed E-state index contributed by atoms with van der Waals surface area (Å²) in [5, 5.41) is 6.72. The smallest absolute Gasteiger partial charge is 0.216 e. The Bertz CT molecular complexity index is 645. The maximum atomic E-state index is 10.8. The van der Waals surface area contributed by atoms with Crippen LogP contribution in [0.4, 0.5) is 5.82 Å². The van der Waals surface area contributed by atoms with Crippen LogP contribution in [0.3, 0.4) is 0 Å². The van der Waals surface area contributed by atoms with E-state index in [1.165, 1.54) is 13.3 Å². The number of nitrogens with one attached hydrogen (secondary N) is 2. The molecule has 0 saturated carbocycles. The molecule has 0 fully saturated rings. The summed E-state index contributed by atoms with van der Waals surface area (Å²) in [7, 11) is 3.16. The number of nitrogens with zero attached hydrogens (tertiary/aromatic N) is 2. The zero-order chi connectivity index (χ0) is 15.2. The van der Waals surface area contributed by atoms with Crippen molar-refractivity contribution in [3.63, 3.8) is 0 Å². The van der Waals surface area contributed by atoms with E-state index in [1.807, 2.05) is 6.07 Å². The second-order valence-corrected chi connectivity index (χ2v) is 4.36. The van der Waals surface area contributed by atoms with Gasteiger partial charge in [0.2, 0.25) is 5.91 Å². The van der Waals surface area contributed by atoms with Gasteiger partial charge in [0.25, 0.3) is 0 Å². The van der Waals surface area contributed by atoms with Crippen molar-refractivity contribution in [1.82, 2.24) is 15.3 Å². The van der Waals surface area contributed by atoms with Crippen molar-refractivity contribution in [2.75, 3.05) is 32.6 Å². The average Bonchev–Trinajstić information content (AvgIpc) is 2.49. The number of aromatic nitrogens is 2. The lowest BCUT2D eigenvalue weighted by Crippen LogP contribution is -2.26. The predicted molar refractivity (Wildman–Crippen MR) is 79.8 cm³/mol. The number of hydrogen-bond donors (Lipinski definition) is 2. The summed E-state index contributed by atoms with van der Waals surface area (Å²) >= 11 is 0. The molecule has 7 nitrogen and oxygen atoms in total. The van der Waals surface area contributed by atoms with Gasteiger partial charge in [0.05, 0.1) is 19.7 Å². The number of carbonyl (C=O) groups excluding carboxylic acids is 1. The third-order valence-electron chi connectivity index (χ3n) is 2.93. The Hall–Kier alpha value is -2.57. The third kappa shape index (κ3) is 3.50. The average molecular weight is 290 g/mol. The number of benzene rings is 1. The zero-order valence-corrected chi connectivity index (χ0v) is 12.3. The maximum absolute atomic E-state index is 10.8. The monoisotopic (exact) mass is 290 g/mol. The molecule has 0 unspecified atom stereocenters. The molecule has 2 rings (SSSR count). The summed E-state index contributed by atoms with van der Waals surface area (Å²) in [4.78, 5) is 19.3. The van der Waals surface area contributed by atoms with Crippen LogP contribution in [-0.4, -0.2) is 43.2 Å². The van der Waals surface area contributed by atoms with Gasteiger partial charge >= 0.3 is 0 Å². The molecule has 21 heavy (non-hydrogen) atoms. The molecule has 0 radical (unpaired) electrons. The second kappa shape index (κ2) is 6.74. The summed E-state index contributed by atoms with van der Waals surface area (Å²) in [6.07, 6.45) is 1.48. The molecule has 0 atom stereocenters. The Morgan fingerprint density at radius 3 is 2.52 bits per heavy atom. The number of methoxy groups -OCH3 is 2. The molecule has 0 saturated heterocycles. The molecule has 0 bridgehead atoms. The van der Waals surface area contributed by atoms with E-state index in [0.29, 0.717) is 30.4 Å². The van der Waals surface area contributed by atoms with E-state index in [4.69, 9.17) is 9.47 Å². The molecule has 0 spiro atoms. The lowest BCUT2D eigenvalue weighted by molar-refractivity contribution is -0.118. The van der Waals surface area contributed by atoms with E-state index in [-0.39, 0.29) is 5.91 Å². The molecule has 112 valence electrons. The summed E-state index contributed by atoms with van der Waals surface area (Å²) in [6, 6.07) is 3.63. The van der Waals surface area contributed by atoms with Crippen LogP contribution in [0.2, 0.25) is 0 Å². The van der Waals surface area contributed by atoms with Gasteiger partial charge in [0, 0.05) is 31.5 Å². The Balaban J connectivity index is 2.25. The highest BCUT2D eigenvalue weighted by Crippen LogP contribution is 2.33. The Labute approximate surface area is 122 Å². The summed E-state index contributed by atoms with van der Waals surface area (Å²) in [6.45, 7) is 2.57. The normalized spacial score (nSPS) is 10.2. The van der Waals surface area contributed by atoms with Crippen molar-refractivity contribution in [1.29, 1.82) is 0 Å². The highest BCUT2D eigenvalue weighted by Gasteiger charge is 2.10. The standard InChI is InChI=1S/C14H18N4O3/c1-9(19)15-4-5-16-14-10-6-12(20-2)13(21-3)7-11(10)17-8-18-14/h6-8H,4-5H2,1-3H3,(H,15,19)(H,16,17,18). The van der Waals surface area contributed by atoms with Crippen molar-refractivity contribution in [2.24, 2.45) is 0 Å². The van der Waals surface area contributed by atoms with E-state index in [2.05, 4.69) is 20.6 Å². The number of hydrogen-bond acceptors (Lipinski definition) is 6. The van der Waals surface area contributed by atoms with Crippen LogP contribution in [-0.2, 0) is 4.79 Å². The first-order valence-electron chi connectivity index (χ1n) is 6.50. The SMILES string of the molecule is COc1cc2ncnc(NCCNC(C)=O)c2cc1OC. The van der Waals surface area contributed by atoms with E-state index >= 15 is 0 Å². The molecular weight excluding hydrogens is 272 g/mol. The lowest BCUT2D eigenvalue weighted by Gasteiger charge is -2.12. The van der Waals surface area contributed by atoms with Crippen LogP contribution in [0.25, 0.3) is 10.9 Å². The first kappa shape index (κ1) is 14.8. The van der Waals surface area contributed by atoms with Gasteiger partial charge in [0.1, 0.15) is 12.1 Å². The van der Waals surface area contributed by atoms with E-state index in [9.17, 15) is 4.79 Å². The third-order valence-corrected chi connectivity index (χ3v) is 2.93. The molecule has 1 amide bonds. The first-order valence-corrected chi connectivity index (χ1v) is 6.50. The maximum Gasteiger partial charge on any atom is 0.216 e. The van der Waals surface area contributed by atoms with Gasteiger partial charge in [-0.15, -0.1) is 0 Å². The summed E-state index contributed by atoms with van der Waals surface area (Å²) < 4.78 is 10.5. The molecule has 1 aromatic heterocycles. The molecule has 0 aliphatic carbocycles. The van der Waals surface area contributed by atoms with Crippen LogP contribution in [0, 0.1) is 0 Å². The molecule has 2 aromatic rings. The fourth-order valence-corrected chi connectivity index (χ4v) is 1.94. The largest absolute Gasteiger partial charge is 0.493 e. The van der Waals surface area contributed by atoms with Crippen molar-refractivity contribution < 1.29 is 14.3 Å². The van der Waals surface area contributed by atoms with Crippen LogP contribution >= 0.6 is 0 Å². The highest BCUT2D eigenvalue weighted by atomic mass is 16.5. The lowest BCUT2D eigenvalue weighted by atomic mass is 10.2. The summed E-state index contributed by atoms with van der Waals surface area (Å²) in [5.74, 6) is 1.86. The Morgan fingerprint density at radius 1 is 1.14 bits per heavy atom. The summed E-state index contributed by atoms with van der Waals surface area (Å²) in [5.41, 5.74) is 0.754. The van der Waals surface area contributed by atoms with Gasteiger partial charge in [-0.05, 0) is 6.07 Å². The second-order valence-electron chi connectivity index (χ2n) is 4.36. The van der Waals surface area contributed by atoms with Crippen LogP contribution < -0.4 is 20.1 Å². The zero-order valence-electron chi connectivity index (χ0n) is 12.3. The van der Waals surface area contributed by atoms with E-state index in [1.54, 1.807) is 20.3 Å². The van der Waals surface area contributed by atoms with Gasteiger partial charge in [-0.3, -0.25) is 4.79 Å². The van der Waals surface area contributed by atoms with Gasteiger partial charge < -0.3 is 20.1 Å². The number of rotatable bonds is 6. The number of fused-ring (bicyclic) bond motifs is 1. The minimum absolute atomic E-state index is 0.0595. The number of anilines is 1. The van der Waals surface area contributed by atoms with Crippen molar-refractivity contribution >= 4 is 22.6 Å². The fraction of sp³-hybridized carbons (Fsp3) is 0.357.